The van der Waals surface area contributed by atoms with E-state index < -0.39 is 6.03 Å². The highest BCUT2D eigenvalue weighted by Crippen LogP contribution is 2.20. The minimum absolute atomic E-state index is 0.144. The maximum absolute atomic E-state index is 11.9. The van der Waals surface area contributed by atoms with Gasteiger partial charge in [0.2, 0.25) is 11.8 Å². The Labute approximate surface area is 150 Å². The number of carbonyl (C=O) groups is 2. The van der Waals surface area contributed by atoms with Gasteiger partial charge >= 0.3 is 6.03 Å². The fourth-order valence-corrected chi connectivity index (χ4v) is 2.25. The van der Waals surface area contributed by atoms with Crippen LogP contribution in [0, 0.1) is 0 Å². The van der Waals surface area contributed by atoms with Crippen LogP contribution in [-0.2, 0) is 11.2 Å². The second-order valence-corrected chi connectivity index (χ2v) is 5.46. The van der Waals surface area contributed by atoms with Crippen LogP contribution in [0.4, 0.5) is 10.5 Å². The maximum Gasteiger partial charge on any atom is 0.325 e. The summed E-state index contributed by atoms with van der Waals surface area (Å²) in [6.45, 7) is 0. The minimum atomic E-state index is -0.579. The van der Waals surface area contributed by atoms with E-state index in [0.717, 1.165) is 5.56 Å². The van der Waals surface area contributed by atoms with Crippen molar-refractivity contribution >= 4 is 17.6 Å². The molecule has 3 amide bonds. The Morgan fingerprint density at radius 1 is 0.885 bits per heavy atom. The summed E-state index contributed by atoms with van der Waals surface area (Å²) in [5.41, 5.74) is 1.39. The van der Waals surface area contributed by atoms with Crippen molar-refractivity contribution in [2.75, 3.05) is 5.32 Å². The number of imide groups is 1. The third-order valence-electron chi connectivity index (χ3n) is 3.43. The molecule has 2 aromatic carbocycles. The molecule has 2 N–H and O–H groups in total. The van der Waals surface area contributed by atoms with Crippen molar-refractivity contribution in [3.63, 3.8) is 0 Å². The van der Waals surface area contributed by atoms with Gasteiger partial charge in [-0.1, -0.05) is 36.4 Å². The number of aromatic nitrogens is 1. The number of ether oxygens (including phenoxy) is 1. The van der Waals surface area contributed by atoms with Gasteiger partial charge in [0, 0.05) is 18.0 Å². The quantitative estimate of drug-likeness (QED) is 0.736. The topological polar surface area (TPSA) is 80.3 Å². The lowest BCUT2D eigenvalue weighted by atomic mass is 10.1. The fourth-order valence-electron chi connectivity index (χ4n) is 2.25. The van der Waals surface area contributed by atoms with Crippen LogP contribution < -0.4 is 15.4 Å². The molecular weight excluding hydrogens is 330 g/mol. The number of anilines is 1. The van der Waals surface area contributed by atoms with Crippen LogP contribution in [0.1, 0.15) is 5.56 Å². The zero-order chi connectivity index (χ0) is 18.2. The summed E-state index contributed by atoms with van der Waals surface area (Å²) in [7, 11) is 0. The van der Waals surface area contributed by atoms with Gasteiger partial charge in [-0.15, -0.1) is 0 Å². The standard InChI is InChI=1S/C20H17N3O3/c24-18(14-15-6-2-1-3-7-15)23-20(25)22-16-9-11-17(12-10-16)26-19-8-4-5-13-21-19/h1-13H,14H2,(H2,22,23,24,25). The third-order valence-corrected chi connectivity index (χ3v) is 3.43. The molecule has 130 valence electrons. The van der Waals surface area contributed by atoms with Crippen molar-refractivity contribution < 1.29 is 14.3 Å². The van der Waals surface area contributed by atoms with Gasteiger partial charge < -0.3 is 10.1 Å². The molecule has 0 spiro atoms. The minimum Gasteiger partial charge on any atom is -0.439 e. The van der Waals surface area contributed by atoms with E-state index in [4.69, 9.17) is 4.74 Å². The molecule has 0 unspecified atom stereocenters. The number of hydrogen-bond donors (Lipinski definition) is 2. The van der Waals surface area contributed by atoms with E-state index in [1.54, 1.807) is 42.6 Å². The highest BCUT2D eigenvalue weighted by Gasteiger charge is 2.09. The van der Waals surface area contributed by atoms with Gasteiger partial charge in [0.05, 0.1) is 6.42 Å². The molecule has 0 bridgehead atoms. The Morgan fingerprint density at radius 3 is 2.31 bits per heavy atom. The smallest absolute Gasteiger partial charge is 0.325 e. The Morgan fingerprint density at radius 2 is 1.62 bits per heavy atom. The van der Waals surface area contributed by atoms with E-state index in [2.05, 4.69) is 15.6 Å². The van der Waals surface area contributed by atoms with Crippen LogP contribution in [-0.4, -0.2) is 16.9 Å². The SMILES string of the molecule is O=C(Cc1ccccc1)NC(=O)Nc1ccc(Oc2ccccn2)cc1. The van der Waals surface area contributed by atoms with Crippen LogP contribution in [0.5, 0.6) is 11.6 Å². The lowest BCUT2D eigenvalue weighted by Gasteiger charge is -2.08. The molecule has 0 fully saturated rings. The highest BCUT2D eigenvalue weighted by molar-refractivity contribution is 6.01. The molecule has 3 aromatic rings. The number of rotatable bonds is 5. The van der Waals surface area contributed by atoms with E-state index >= 15 is 0 Å². The summed E-state index contributed by atoms with van der Waals surface area (Å²) in [5.74, 6) is 0.705. The summed E-state index contributed by atoms with van der Waals surface area (Å²) in [6, 6.07) is 20.8. The molecule has 0 saturated carbocycles. The maximum atomic E-state index is 11.9. The van der Waals surface area contributed by atoms with Crippen LogP contribution in [0.3, 0.4) is 0 Å². The first kappa shape index (κ1) is 17.2. The van der Waals surface area contributed by atoms with Gasteiger partial charge in [-0.3, -0.25) is 10.1 Å². The van der Waals surface area contributed by atoms with E-state index in [0.29, 0.717) is 17.3 Å². The average molecular weight is 347 g/mol. The summed E-state index contributed by atoms with van der Waals surface area (Å²) >= 11 is 0. The molecule has 0 radical (unpaired) electrons. The predicted molar refractivity (Wildman–Crippen MR) is 98.1 cm³/mol. The number of nitrogens with one attached hydrogen (secondary N) is 2. The number of carbonyl (C=O) groups excluding carboxylic acids is 2. The summed E-state index contributed by atoms with van der Waals surface area (Å²) in [6.07, 6.45) is 1.78. The summed E-state index contributed by atoms with van der Waals surface area (Å²) in [4.78, 5) is 27.8. The first-order valence-electron chi connectivity index (χ1n) is 8.03. The van der Waals surface area contributed by atoms with Gasteiger partial charge in [-0.25, -0.2) is 9.78 Å². The summed E-state index contributed by atoms with van der Waals surface area (Å²) in [5, 5.41) is 4.91. The average Bonchev–Trinajstić information content (AvgIpc) is 2.65. The first-order chi connectivity index (χ1) is 12.7. The molecule has 1 aromatic heterocycles. The lowest BCUT2D eigenvalue weighted by Crippen LogP contribution is -2.35. The third kappa shape index (κ3) is 5.17. The van der Waals surface area contributed by atoms with Crippen molar-refractivity contribution in [3.05, 3.63) is 84.6 Å². The van der Waals surface area contributed by atoms with E-state index in [9.17, 15) is 9.59 Å². The van der Waals surface area contributed by atoms with Gasteiger partial charge in [-0.05, 0) is 35.9 Å². The fraction of sp³-hybridized carbons (Fsp3) is 0.0500. The van der Waals surface area contributed by atoms with Crippen molar-refractivity contribution in [3.8, 4) is 11.6 Å². The Bertz CT molecular complexity index is 866. The van der Waals surface area contributed by atoms with Gasteiger partial charge in [0.15, 0.2) is 0 Å². The molecule has 0 saturated heterocycles. The molecule has 3 rings (SSSR count). The summed E-state index contributed by atoms with van der Waals surface area (Å²) < 4.78 is 5.58. The monoisotopic (exact) mass is 347 g/mol. The van der Waals surface area contributed by atoms with Gasteiger partial charge in [-0.2, -0.15) is 0 Å². The van der Waals surface area contributed by atoms with E-state index in [1.165, 1.54) is 0 Å². The van der Waals surface area contributed by atoms with Crippen LogP contribution >= 0.6 is 0 Å². The molecule has 6 nitrogen and oxygen atoms in total. The van der Waals surface area contributed by atoms with Crippen molar-refractivity contribution in [1.82, 2.24) is 10.3 Å². The zero-order valence-electron chi connectivity index (χ0n) is 13.9. The van der Waals surface area contributed by atoms with Crippen LogP contribution in [0.25, 0.3) is 0 Å². The molecule has 0 aliphatic rings. The number of benzene rings is 2. The molecular formula is C20H17N3O3. The molecule has 1 heterocycles. The number of hydrogen-bond acceptors (Lipinski definition) is 4. The molecule has 26 heavy (non-hydrogen) atoms. The van der Waals surface area contributed by atoms with Gasteiger partial charge in [0.25, 0.3) is 0 Å². The Hall–Kier alpha value is -3.67. The van der Waals surface area contributed by atoms with E-state index in [-0.39, 0.29) is 12.3 Å². The first-order valence-corrected chi connectivity index (χ1v) is 8.03. The molecule has 0 aliphatic heterocycles. The van der Waals surface area contributed by atoms with Crippen LogP contribution in [0.15, 0.2) is 79.0 Å². The van der Waals surface area contributed by atoms with Crippen molar-refractivity contribution in [1.29, 1.82) is 0 Å². The number of urea groups is 1. The van der Waals surface area contributed by atoms with Crippen molar-refractivity contribution in [2.24, 2.45) is 0 Å². The number of pyridine rings is 1. The number of nitrogens with zero attached hydrogens (tertiary/aromatic N) is 1. The molecule has 0 atom stereocenters. The zero-order valence-corrected chi connectivity index (χ0v) is 13.9. The number of amides is 3. The Balaban J connectivity index is 1.50. The molecule has 0 aliphatic carbocycles. The largest absolute Gasteiger partial charge is 0.439 e. The second-order valence-electron chi connectivity index (χ2n) is 5.46. The normalized spacial score (nSPS) is 10.0. The Kier molecular flexibility index (Phi) is 5.57. The second kappa shape index (κ2) is 8.43. The van der Waals surface area contributed by atoms with Crippen molar-refractivity contribution in [2.45, 2.75) is 6.42 Å². The lowest BCUT2D eigenvalue weighted by molar-refractivity contribution is -0.119. The van der Waals surface area contributed by atoms with Crippen LogP contribution in [0.2, 0.25) is 0 Å². The highest BCUT2D eigenvalue weighted by atomic mass is 16.5. The molecule has 6 heteroatoms. The van der Waals surface area contributed by atoms with Gasteiger partial charge in [0.1, 0.15) is 5.75 Å². The van der Waals surface area contributed by atoms with E-state index in [1.807, 2.05) is 36.4 Å². The predicted octanol–water partition coefficient (Wildman–Crippen LogP) is 3.76.